The van der Waals surface area contributed by atoms with E-state index in [0.29, 0.717) is 27.7 Å². The van der Waals surface area contributed by atoms with Crippen LogP contribution in [0.5, 0.6) is 0 Å². The molecule has 2 aromatic carbocycles. The molecule has 4 rings (SSSR count). The van der Waals surface area contributed by atoms with Gasteiger partial charge in [0.1, 0.15) is 0 Å². The molecule has 1 unspecified atom stereocenters. The van der Waals surface area contributed by atoms with Crippen molar-refractivity contribution in [1.29, 1.82) is 0 Å². The van der Waals surface area contributed by atoms with E-state index in [1.807, 2.05) is 13.0 Å². The number of fused-ring (bicyclic) bond motifs is 3. The summed E-state index contributed by atoms with van der Waals surface area (Å²) in [5.41, 5.74) is -0.433. The second-order valence-electron chi connectivity index (χ2n) is 6.02. The molecule has 0 spiro atoms. The average molecular weight is 329 g/mol. The first-order valence-corrected chi connectivity index (χ1v) is 7.52. The minimum atomic E-state index is -4.83. The highest BCUT2D eigenvalue weighted by Crippen LogP contribution is 2.48. The van der Waals surface area contributed by atoms with E-state index in [1.54, 1.807) is 48.5 Å². The Hall–Kier alpha value is -2.53. The highest BCUT2D eigenvalue weighted by atomic mass is 19.4. The van der Waals surface area contributed by atoms with E-state index < -0.39 is 11.9 Å². The highest BCUT2D eigenvalue weighted by molar-refractivity contribution is 5.94. The van der Waals surface area contributed by atoms with Crippen molar-refractivity contribution in [1.82, 2.24) is 4.57 Å². The van der Waals surface area contributed by atoms with Crippen molar-refractivity contribution in [2.45, 2.75) is 18.8 Å². The number of halogens is 3. The summed E-state index contributed by atoms with van der Waals surface area (Å²) in [6, 6.07) is 15.7. The van der Waals surface area contributed by atoms with E-state index in [0.717, 1.165) is 16.2 Å². The van der Waals surface area contributed by atoms with Crippen molar-refractivity contribution in [3.63, 3.8) is 0 Å². The number of hydrogen-bond acceptors (Lipinski definition) is 1. The molecule has 0 radical (unpaired) electrons. The number of alkyl halides is 3. The molecule has 1 N–H and O–H groups in total. The molecule has 0 fully saturated rings. The summed E-state index contributed by atoms with van der Waals surface area (Å²) < 4.78 is 42.1. The molecule has 0 aliphatic carbocycles. The van der Waals surface area contributed by atoms with Crippen LogP contribution >= 0.6 is 0 Å². The summed E-state index contributed by atoms with van der Waals surface area (Å²) in [5.74, 6) is 0. The third kappa shape index (κ3) is 1.88. The van der Waals surface area contributed by atoms with Crippen molar-refractivity contribution in [2.75, 3.05) is 0 Å². The van der Waals surface area contributed by atoms with Crippen LogP contribution in [0.4, 0.5) is 13.2 Å². The molecule has 24 heavy (non-hydrogen) atoms. The molecule has 1 aliphatic heterocycles. The molecule has 0 saturated heterocycles. The summed E-state index contributed by atoms with van der Waals surface area (Å²) >= 11 is 0. The van der Waals surface area contributed by atoms with Crippen LogP contribution in [0.15, 0.2) is 60.7 Å². The van der Waals surface area contributed by atoms with Crippen LogP contribution in [-0.4, -0.2) is 15.8 Å². The first kappa shape index (κ1) is 15.0. The fourth-order valence-corrected chi connectivity index (χ4v) is 3.34. The maximum Gasteiger partial charge on any atom is 0.441 e. The summed E-state index contributed by atoms with van der Waals surface area (Å²) in [4.78, 5) is 0. The van der Waals surface area contributed by atoms with Gasteiger partial charge >= 0.3 is 6.18 Å². The van der Waals surface area contributed by atoms with Crippen molar-refractivity contribution >= 4 is 16.5 Å². The molecule has 1 atom stereocenters. The number of hydrogen-bond donors (Lipinski definition) is 1. The van der Waals surface area contributed by atoms with Gasteiger partial charge in [-0.1, -0.05) is 42.5 Å². The van der Waals surface area contributed by atoms with Crippen LogP contribution in [0.2, 0.25) is 0 Å². The van der Waals surface area contributed by atoms with Gasteiger partial charge in [-0.25, -0.2) is 0 Å². The van der Waals surface area contributed by atoms with Gasteiger partial charge in [-0.05, 0) is 36.3 Å². The Morgan fingerprint density at radius 3 is 2.38 bits per heavy atom. The molecule has 1 aromatic heterocycles. The maximum atomic E-state index is 13.7. The largest absolute Gasteiger partial charge is 0.441 e. The lowest BCUT2D eigenvalue weighted by molar-refractivity contribution is -0.272. The Labute approximate surface area is 136 Å². The summed E-state index contributed by atoms with van der Waals surface area (Å²) in [6.07, 6.45) is -3.92. The molecule has 2 heterocycles. The summed E-state index contributed by atoms with van der Waals surface area (Å²) in [7, 11) is 0. The van der Waals surface area contributed by atoms with Gasteiger partial charge in [0.15, 0.2) is 0 Å². The minimum Gasteiger partial charge on any atom is -0.360 e. The van der Waals surface area contributed by atoms with E-state index in [4.69, 9.17) is 0 Å². The number of aromatic nitrogens is 1. The smallest absolute Gasteiger partial charge is 0.360 e. The fraction of sp³-hybridized carbons (Fsp3) is 0.158. The van der Waals surface area contributed by atoms with E-state index >= 15 is 0 Å². The van der Waals surface area contributed by atoms with Gasteiger partial charge in [-0.15, -0.1) is 0 Å². The monoisotopic (exact) mass is 329 g/mol. The second kappa shape index (κ2) is 4.74. The van der Waals surface area contributed by atoms with Crippen molar-refractivity contribution in [3.05, 3.63) is 77.5 Å². The highest BCUT2D eigenvalue weighted by Gasteiger charge is 2.58. The van der Waals surface area contributed by atoms with Crippen molar-refractivity contribution in [3.8, 4) is 0 Å². The van der Waals surface area contributed by atoms with Gasteiger partial charge < -0.3 is 9.67 Å². The first-order chi connectivity index (χ1) is 11.3. The van der Waals surface area contributed by atoms with E-state index in [-0.39, 0.29) is 0 Å². The van der Waals surface area contributed by atoms with E-state index in [2.05, 4.69) is 0 Å². The number of benzene rings is 2. The van der Waals surface area contributed by atoms with Crippen molar-refractivity contribution < 1.29 is 18.3 Å². The Bertz CT molecular complexity index is 969. The number of aryl methyl sites for hydroxylation is 1. The molecule has 1 aliphatic rings. The zero-order chi connectivity index (χ0) is 17.1. The third-order valence-electron chi connectivity index (χ3n) is 4.53. The van der Waals surface area contributed by atoms with Gasteiger partial charge in [0, 0.05) is 11.0 Å². The number of aliphatic hydroxyl groups is 1. The Kier molecular flexibility index (Phi) is 2.97. The minimum absolute atomic E-state index is 0.366. The van der Waals surface area contributed by atoms with Gasteiger partial charge in [0.2, 0.25) is 0 Å². The normalized spacial score (nSPS) is 20.3. The fourth-order valence-electron chi connectivity index (χ4n) is 3.34. The lowest BCUT2D eigenvalue weighted by Gasteiger charge is -2.27. The second-order valence-corrected chi connectivity index (χ2v) is 6.02. The average Bonchev–Trinajstić information content (AvgIpc) is 3.06. The van der Waals surface area contributed by atoms with Crippen LogP contribution in [0.3, 0.4) is 0 Å². The van der Waals surface area contributed by atoms with Crippen LogP contribution in [-0.2, 0) is 5.72 Å². The molecule has 2 nitrogen and oxygen atoms in total. The van der Waals surface area contributed by atoms with Crippen LogP contribution in [0.1, 0.15) is 16.8 Å². The van der Waals surface area contributed by atoms with Gasteiger partial charge in [-0.2, -0.15) is 13.2 Å². The molecule has 0 saturated carbocycles. The Balaban J connectivity index is 2.09. The SMILES string of the molecule is Cc1cccc2c1cc1n2C(O)(C(F)(F)F)C=C1c1ccccc1. The zero-order valence-electron chi connectivity index (χ0n) is 12.8. The predicted octanol–water partition coefficient (Wildman–Crippen LogP) is 4.60. The van der Waals surface area contributed by atoms with Gasteiger partial charge in [-0.3, -0.25) is 0 Å². The first-order valence-electron chi connectivity index (χ1n) is 7.52. The standard InChI is InChI=1S/C19H14F3NO/c1-12-6-5-9-16-14(12)10-17-15(13-7-3-2-4-8-13)11-18(24,23(16)17)19(20,21)22/h2-11,24H,1H3. The summed E-state index contributed by atoms with van der Waals surface area (Å²) in [6.45, 7) is 1.84. The lowest BCUT2D eigenvalue weighted by Crippen LogP contribution is -2.44. The van der Waals surface area contributed by atoms with Crippen LogP contribution in [0, 0.1) is 6.92 Å². The molecular formula is C19H14F3NO. The van der Waals surface area contributed by atoms with E-state index in [9.17, 15) is 18.3 Å². The van der Waals surface area contributed by atoms with Crippen molar-refractivity contribution in [2.24, 2.45) is 0 Å². The zero-order valence-corrected chi connectivity index (χ0v) is 12.8. The predicted molar refractivity (Wildman–Crippen MR) is 86.4 cm³/mol. The Morgan fingerprint density at radius 2 is 1.71 bits per heavy atom. The van der Waals surface area contributed by atoms with E-state index in [1.165, 1.54) is 0 Å². The summed E-state index contributed by atoms with van der Waals surface area (Å²) in [5, 5.41) is 11.3. The molecule has 5 heteroatoms. The third-order valence-corrected chi connectivity index (χ3v) is 4.53. The topological polar surface area (TPSA) is 25.2 Å². The van der Waals surface area contributed by atoms with Gasteiger partial charge in [0.25, 0.3) is 5.72 Å². The molecule has 0 bridgehead atoms. The lowest BCUT2D eigenvalue weighted by atomic mass is 10.0. The maximum absolute atomic E-state index is 13.7. The Morgan fingerprint density at radius 1 is 1.00 bits per heavy atom. The number of nitrogens with zero attached hydrogens (tertiary/aromatic N) is 1. The van der Waals surface area contributed by atoms with Crippen LogP contribution < -0.4 is 0 Å². The van der Waals surface area contributed by atoms with Gasteiger partial charge in [0.05, 0.1) is 11.2 Å². The molecule has 122 valence electrons. The molecule has 0 amide bonds. The quantitative estimate of drug-likeness (QED) is 0.693. The van der Waals surface area contributed by atoms with Crippen LogP contribution in [0.25, 0.3) is 16.5 Å². The molecule has 3 aromatic rings. The molecular weight excluding hydrogens is 315 g/mol. The number of rotatable bonds is 1.